The second-order valence-corrected chi connectivity index (χ2v) is 5.19. The highest BCUT2D eigenvalue weighted by molar-refractivity contribution is 5.48. The standard InChI is InChI=1S/C13H18F3N3/c14-9-1-2-11(17)10(6-9)12(19-18)5-8-3-4-13(15,16)7-8/h1-2,6,8,12,19H,3-5,7,17-18H2. The molecule has 0 radical (unpaired) electrons. The molecule has 0 bridgehead atoms. The monoisotopic (exact) mass is 273 g/mol. The maximum atomic E-state index is 13.2. The van der Waals surface area contributed by atoms with Crippen LogP contribution in [0.2, 0.25) is 0 Å². The Labute approximate surface area is 110 Å². The predicted molar refractivity (Wildman–Crippen MR) is 67.8 cm³/mol. The van der Waals surface area contributed by atoms with E-state index in [4.69, 9.17) is 11.6 Å². The maximum absolute atomic E-state index is 13.2. The zero-order valence-corrected chi connectivity index (χ0v) is 10.5. The summed E-state index contributed by atoms with van der Waals surface area (Å²) in [7, 11) is 0. The third-order valence-electron chi connectivity index (χ3n) is 3.70. The van der Waals surface area contributed by atoms with Gasteiger partial charge in [0.05, 0.1) is 0 Å². The SMILES string of the molecule is NNC(CC1CCC(F)(F)C1)c1cc(F)ccc1N. The Bertz CT molecular complexity index is 451. The van der Waals surface area contributed by atoms with E-state index in [-0.39, 0.29) is 18.8 Å². The van der Waals surface area contributed by atoms with Gasteiger partial charge in [-0.15, -0.1) is 0 Å². The fraction of sp³-hybridized carbons (Fsp3) is 0.538. The Hall–Kier alpha value is -1.27. The molecule has 106 valence electrons. The van der Waals surface area contributed by atoms with Crippen LogP contribution in [-0.4, -0.2) is 5.92 Å². The number of nitrogens with one attached hydrogen (secondary N) is 1. The number of hydrazine groups is 1. The van der Waals surface area contributed by atoms with Crippen LogP contribution in [0.1, 0.15) is 37.3 Å². The van der Waals surface area contributed by atoms with E-state index in [1.54, 1.807) is 0 Å². The lowest BCUT2D eigenvalue weighted by molar-refractivity contribution is 0.00430. The molecule has 2 unspecified atom stereocenters. The summed E-state index contributed by atoms with van der Waals surface area (Å²) in [4.78, 5) is 0. The molecule has 5 N–H and O–H groups in total. The molecule has 0 spiro atoms. The van der Waals surface area contributed by atoms with Crippen LogP contribution < -0.4 is 17.0 Å². The Morgan fingerprint density at radius 3 is 2.74 bits per heavy atom. The first kappa shape index (κ1) is 14.1. The van der Waals surface area contributed by atoms with Crippen molar-refractivity contribution in [2.75, 3.05) is 5.73 Å². The molecular weight excluding hydrogens is 255 g/mol. The van der Waals surface area contributed by atoms with Crippen LogP contribution in [-0.2, 0) is 0 Å². The highest BCUT2D eigenvalue weighted by atomic mass is 19.3. The Balaban J connectivity index is 2.10. The van der Waals surface area contributed by atoms with Gasteiger partial charge in [0.15, 0.2) is 0 Å². The average Bonchev–Trinajstić information content (AvgIpc) is 2.69. The van der Waals surface area contributed by atoms with E-state index in [9.17, 15) is 13.2 Å². The third-order valence-corrected chi connectivity index (χ3v) is 3.70. The topological polar surface area (TPSA) is 64.1 Å². The summed E-state index contributed by atoms with van der Waals surface area (Å²) in [6.45, 7) is 0. The normalized spacial score (nSPS) is 23.5. The van der Waals surface area contributed by atoms with Gasteiger partial charge in [-0.3, -0.25) is 11.3 Å². The van der Waals surface area contributed by atoms with Gasteiger partial charge in [0, 0.05) is 24.6 Å². The molecule has 6 heteroatoms. The smallest absolute Gasteiger partial charge is 0.248 e. The number of alkyl halides is 2. The van der Waals surface area contributed by atoms with Crippen LogP contribution in [0.4, 0.5) is 18.9 Å². The van der Waals surface area contributed by atoms with E-state index in [1.807, 2.05) is 0 Å². The van der Waals surface area contributed by atoms with Gasteiger partial charge in [0.1, 0.15) is 5.82 Å². The summed E-state index contributed by atoms with van der Waals surface area (Å²) in [5, 5.41) is 0. The molecule has 0 heterocycles. The second-order valence-electron chi connectivity index (χ2n) is 5.19. The fourth-order valence-electron chi connectivity index (χ4n) is 2.71. The van der Waals surface area contributed by atoms with Crippen LogP contribution in [0.15, 0.2) is 18.2 Å². The van der Waals surface area contributed by atoms with Crippen LogP contribution in [0.3, 0.4) is 0 Å². The zero-order chi connectivity index (χ0) is 14.0. The summed E-state index contributed by atoms with van der Waals surface area (Å²) in [6.07, 6.45) is 0.661. The third kappa shape index (κ3) is 3.39. The molecule has 1 aromatic rings. The summed E-state index contributed by atoms with van der Waals surface area (Å²) in [5.41, 5.74) is 9.27. The molecule has 3 nitrogen and oxygen atoms in total. The number of nitrogen functional groups attached to an aromatic ring is 1. The molecule has 19 heavy (non-hydrogen) atoms. The number of hydrogen-bond acceptors (Lipinski definition) is 3. The van der Waals surface area contributed by atoms with Gasteiger partial charge >= 0.3 is 0 Å². The number of benzene rings is 1. The van der Waals surface area contributed by atoms with E-state index in [1.165, 1.54) is 18.2 Å². The first-order chi connectivity index (χ1) is 8.91. The van der Waals surface area contributed by atoms with Crippen LogP contribution >= 0.6 is 0 Å². The average molecular weight is 273 g/mol. The molecule has 1 aliphatic carbocycles. The van der Waals surface area contributed by atoms with Crippen LogP contribution in [0.25, 0.3) is 0 Å². The predicted octanol–water partition coefficient (Wildman–Crippen LogP) is 2.74. The summed E-state index contributed by atoms with van der Waals surface area (Å²) < 4.78 is 39.6. The quantitative estimate of drug-likeness (QED) is 0.449. The lowest BCUT2D eigenvalue weighted by Gasteiger charge is -2.21. The molecule has 2 atom stereocenters. The van der Waals surface area contributed by atoms with Gasteiger partial charge in [0.2, 0.25) is 5.92 Å². The van der Waals surface area contributed by atoms with Crippen molar-refractivity contribution in [3.05, 3.63) is 29.6 Å². The Morgan fingerprint density at radius 2 is 2.16 bits per heavy atom. The minimum atomic E-state index is -2.59. The lowest BCUT2D eigenvalue weighted by Crippen LogP contribution is -2.30. The molecule has 1 fully saturated rings. The number of halogens is 3. The molecule has 0 aromatic heterocycles. The van der Waals surface area contributed by atoms with Gasteiger partial charge in [-0.25, -0.2) is 13.2 Å². The van der Waals surface area contributed by atoms with Crippen molar-refractivity contribution in [1.29, 1.82) is 0 Å². The molecule has 0 amide bonds. The second kappa shape index (κ2) is 5.38. The first-order valence-corrected chi connectivity index (χ1v) is 6.30. The fourth-order valence-corrected chi connectivity index (χ4v) is 2.71. The number of nitrogens with two attached hydrogens (primary N) is 2. The van der Waals surface area contributed by atoms with Crippen molar-refractivity contribution in [1.82, 2.24) is 5.43 Å². The largest absolute Gasteiger partial charge is 0.398 e. The molecule has 0 aliphatic heterocycles. The van der Waals surface area contributed by atoms with E-state index in [2.05, 4.69) is 5.43 Å². The zero-order valence-electron chi connectivity index (χ0n) is 10.5. The van der Waals surface area contributed by atoms with Crippen molar-refractivity contribution in [3.8, 4) is 0 Å². The van der Waals surface area contributed by atoms with Gasteiger partial charge in [-0.05, 0) is 42.5 Å². The summed E-state index contributed by atoms with van der Waals surface area (Å²) in [5.74, 6) is 2.33. The minimum absolute atomic E-state index is 0.0897. The molecule has 2 rings (SSSR count). The highest BCUT2D eigenvalue weighted by Gasteiger charge is 2.40. The number of anilines is 1. The van der Waals surface area contributed by atoms with Crippen molar-refractivity contribution >= 4 is 5.69 Å². The molecule has 1 saturated carbocycles. The molecule has 0 saturated heterocycles. The van der Waals surface area contributed by atoms with Crippen molar-refractivity contribution in [2.45, 2.75) is 37.6 Å². The van der Waals surface area contributed by atoms with Gasteiger partial charge in [0.25, 0.3) is 0 Å². The van der Waals surface area contributed by atoms with Gasteiger partial charge < -0.3 is 5.73 Å². The van der Waals surface area contributed by atoms with Crippen LogP contribution in [0, 0.1) is 11.7 Å². The Morgan fingerprint density at radius 1 is 1.42 bits per heavy atom. The van der Waals surface area contributed by atoms with E-state index in [0.29, 0.717) is 24.1 Å². The van der Waals surface area contributed by atoms with E-state index >= 15 is 0 Å². The van der Waals surface area contributed by atoms with Crippen molar-refractivity contribution < 1.29 is 13.2 Å². The van der Waals surface area contributed by atoms with Gasteiger partial charge in [-0.2, -0.15) is 0 Å². The molecule has 1 aromatic carbocycles. The van der Waals surface area contributed by atoms with Crippen molar-refractivity contribution in [3.63, 3.8) is 0 Å². The lowest BCUT2D eigenvalue weighted by atomic mass is 9.93. The van der Waals surface area contributed by atoms with E-state index in [0.717, 1.165) is 0 Å². The highest BCUT2D eigenvalue weighted by Crippen LogP contribution is 2.42. The van der Waals surface area contributed by atoms with Crippen LogP contribution in [0.5, 0.6) is 0 Å². The van der Waals surface area contributed by atoms with Crippen molar-refractivity contribution in [2.24, 2.45) is 11.8 Å². The number of hydrogen-bond donors (Lipinski definition) is 3. The Kier molecular flexibility index (Phi) is 4.01. The number of rotatable bonds is 4. The summed E-state index contributed by atoms with van der Waals surface area (Å²) in [6, 6.07) is 3.61. The maximum Gasteiger partial charge on any atom is 0.248 e. The summed E-state index contributed by atoms with van der Waals surface area (Å²) >= 11 is 0. The first-order valence-electron chi connectivity index (χ1n) is 6.30. The molecular formula is C13H18F3N3. The molecule has 1 aliphatic rings. The van der Waals surface area contributed by atoms with E-state index < -0.39 is 17.8 Å². The minimum Gasteiger partial charge on any atom is -0.398 e. The van der Waals surface area contributed by atoms with Gasteiger partial charge in [-0.1, -0.05) is 0 Å².